The first-order valence-corrected chi connectivity index (χ1v) is 6.83. The average molecular weight is 256 g/mol. The van der Waals surface area contributed by atoms with Crippen molar-refractivity contribution in [2.45, 2.75) is 31.2 Å². The van der Waals surface area contributed by atoms with E-state index in [1.165, 1.54) is 18.2 Å². The highest BCUT2D eigenvalue weighted by Crippen LogP contribution is 2.13. The normalized spacial score (nSPS) is 13.1. The number of rotatable bonds is 4. The van der Waals surface area contributed by atoms with Crippen LogP contribution in [0.5, 0.6) is 0 Å². The van der Waals surface area contributed by atoms with Crippen LogP contribution in [-0.4, -0.2) is 20.4 Å². The van der Waals surface area contributed by atoms with Crippen molar-refractivity contribution in [3.8, 4) is 0 Å². The fourth-order valence-corrected chi connectivity index (χ4v) is 2.04. The Balaban J connectivity index is 3.11. The number of nitrogens with one attached hydrogen (secondary N) is 1. The Morgan fingerprint density at radius 2 is 2.00 bits per heavy atom. The van der Waals surface area contributed by atoms with Crippen molar-refractivity contribution in [2.24, 2.45) is 5.14 Å². The number of amides is 1. The molecule has 0 aliphatic rings. The zero-order valence-corrected chi connectivity index (χ0v) is 10.6. The number of primary sulfonamides is 1. The van der Waals surface area contributed by atoms with Crippen molar-refractivity contribution in [3.05, 3.63) is 29.8 Å². The van der Waals surface area contributed by atoms with Crippen molar-refractivity contribution in [1.29, 1.82) is 0 Å². The molecule has 1 aromatic carbocycles. The third-order valence-electron chi connectivity index (χ3n) is 2.43. The quantitative estimate of drug-likeness (QED) is 0.837. The smallest absolute Gasteiger partial charge is 0.252 e. The number of carbonyl (C=O) groups is 1. The summed E-state index contributed by atoms with van der Waals surface area (Å²) in [6.07, 6.45) is 0.767. The Kier molecular flexibility index (Phi) is 4.25. The molecule has 5 nitrogen and oxygen atoms in total. The number of sulfonamides is 1. The summed E-state index contributed by atoms with van der Waals surface area (Å²) in [5.74, 6) is -0.427. The lowest BCUT2D eigenvalue weighted by atomic mass is 10.2. The summed E-state index contributed by atoms with van der Waals surface area (Å²) in [6.45, 7) is 3.77. The predicted octanol–water partition coefficient (Wildman–Crippen LogP) is 0.862. The summed E-state index contributed by atoms with van der Waals surface area (Å²) in [6, 6.07) is 5.87. The summed E-state index contributed by atoms with van der Waals surface area (Å²) < 4.78 is 22.6. The number of carbonyl (C=O) groups excluding carboxylic acids is 1. The van der Waals surface area contributed by atoms with Crippen LogP contribution in [0.3, 0.4) is 0 Å². The Hall–Kier alpha value is -1.40. The van der Waals surface area contributed by atoms with E-state index < -0.39 is 15.9 Å². The summed E-state index contributed by atoms with van der Waals surface area (Å²) in [7, 11) is -3.88. The first-order valence-electron chi connectivity index (χ1n) is 5.29. The third-order valence-corrected chi connectivity index (χ3v) is 3.40. The Morgan fingerprint density at radius 1 is 1.41 bits per heavy atom. The molecule has 1 atom stereocenters. The van der Waals surface area contributed by atoms with E-state index in [-0.39, 0.29) is 16.5 Å². The molecule has 3 N–H and O–H groups in total. The Bertz CT molecular complexity index is 511. The molecule has 0 bridgehead atoms. The van der Waals surface area contributed by atoms with Crippen LogP contribution >= 0.6 is 0 Å². The first kappa shape index (κ1) is 13.7. The second-order valence-corrected chi connectivity index (χ2v) is 5.35. The number of nitrogens with two attached hydrogens (primary N) is 1. The van der Waals surface area contributed by atoms with E-state index >= 15 is 0 Å². The molecule has 1 rings (SSSR count). The molecule has 0 heterocycles. The van der Waals surface area contributed by atoms with Crippen molar-refractivity contribution >= 4 is 15.9 Å². The molecule has 0 saturated carbocycles. The lowest BCUT2D eigenvalue weighted by Crippen LogP contribution is -2.33. The lowest BCUT2D eigenvalue weighted by molar-refractivity contribution is 0.0936. The highest BCUT2D eigenvalue weighted by Gasteiger charge is 2.19. The van der Waals surface area contributed by atoms with Gasteiger partial charge in [-0.05, 0) is 25.5 Å². The van der Waals surface area contributed by atoms with Crippen LogP contribution in [-0.2, 0) is 10.0 Å². The third kappa shape index (κ3) is 3.54. The molecule has 1 unspecified atom stereocenters. The molecule has 0 aliphatic carbocycles. The van der Waals surface area contributed by atoms with Crippen LogP contribution < -0.4 is 10.5 Å². The van der Waals surface area contributed by atoms with Crippen LogP contribution in [0.4, 0.5) is 0 Å². The van der Waals surface area contributed by atoms with Gasteiger partial charge in [0.1, 0.15) is 0 Å². The van der Waals surface area contributed by atoms with E-state index in [0.29, 0.717) is 0 Å². The van der Waals surface area contributed by atoms with E-state index in [0.717, 1.165) is 6.42 Å². The maximum absolute atomic E-state index is 11.9. The van der Waals surface area contributed by atoms with E-state index in [4.69, 9.17) is 5.14 Å². The molecule has 6 heteroatoms. The minimum Gasteiger partial charge on any atom is -0.350 e. The van der Waals surface area contributed by atoms with E-state index in [1.54, 1.807) is 6.07 Å². The van der Waals surface area contributed by atoms with Gasteiger partial charge in [0, 0.05) is 6.04 Å². The zero-order valence-electron chi connectivity index (χ0n) is 9.80. The molecule has 94 valence electrons. The Labute approximate surface area is 101 Å². The molecule has 1 aromatic rings. The maximum Gasteiger partial charge on any atom is 0.252 e. The molecular weight excluding hydrogens is 240 g/mol. The van der Waals surface area contributed by atoms with Gasteiger partial charge in [0.05, 0.1) is 10.5 Å². The maximum atomic E-state index is 11.9. The average Bonchev–Trinajstić information content (AvgIpc) is 2.27. The Morgan fingerprint density at radius 3 is 2.53 bits per heavy atom. The van der Waals surface area contributed by atoms with Crippen LogP contribution in [0.1, 0.15) is 30.6 Å². The van der Waals surface area contributed by atoms with Crippen molar-refractivity contribution in [3.63, 3.8) is 0 Å². The van der Waals surface area contributed by atoms with Gasteiger partial charge < -0.3 is 5.32 Å². The van der Waals surface area contributed by atoms with Crippen LogP contribution in [0.15, 0.2) is 29.2 Å². The van der Waals surface area contributed by atoms with Crippen LogP contribution in [0.2, 0.25) is 0 Å². The highest BCUT2D eigenvalue weighted by atomic mass is 32.2. The van der Waals surface area contributed by atoms with Crippen LogP contribution in [0, 0.1) is 0 Å². The monoisotopic (exact) mass is 256 g/mol. The molecule has 17 heavy (non-hydrogen) atoms. The number of hydrogen-bond donors (Lipinski definition) is 2. The van der Waals surface area contributed by atoms with Gasteiger partial charge in [-0.25, -0.2) is 13.6 Å². The molecule has 0 radical (unpaired) electrons. The summed E-state index contributed by atoms with van der Waals surface area (Å²) in [4.78, 5) is 11.7. The number of benzene rings is 1. The van der Waals surface area contributed by atoms with Crippen molar-refractivity contribution < 1.29 is 13.2 Å². The first-order chi connectivity index (χ1) is 7.86. The van der Waals surface area contributed by atoms with Crippen molar-refractivity contribution in [1.82, 2.24) is 5.32 Å². The second kappa shape index (κ2) is 5.29. The van der Waals surface area contributed by atoms with Gasteiger partial charge in [-0.2, -0.15) is 0 Å². The molecule has 0 aromatic heterocycles. The number of hydrogen-bond acceptors (Lipinski definition) is 3. The van der Waals surface area contributed by atoms with Gasteiger partial charge >= 0.3 is 0 Å². The van der Waals surface area contributed by atoms with Gasteiger partial charge in [-0.3, -0.25) is 4.79 Å². The molecular formula is C11H16N2O3S. The minimum absolute atomic E-state index is 0.0176. The predicted molar refractivity (Wildman–Crippen MR) is 65.0 cm³/mol. The van der Waals surface area contributed by atoms with Gasteiger partial charge in [-0.15, -0.1) is 0 Å². The lowest BCUT2D eigenvalue weighted by Gasteiger charge is -2.13. The summed E-state index contributed by atoms with van der Waals surface area (Å²) in [5.41, 5.74) is 0.0790. The van der Waals surface area contributed by atoms with E-state index in [2.05, 4.69) is 5.32 Å². The molecule has 0 fully saturated rings. The molecule has 0 aliphatic heterocycles. The van der Waals surface area contributed by atoms with Crippen LogP contribution in [0.25, 0.3) is 0 Å². The zero-order chi connectivity index (χ0) is 13.1. The second-order valence-electron chi connectivity index (χ2n) is 3.82. The van der Waals surface area contributed by atoms with Gasteiger partial charge in [-0.1, -0.05) is 19.1 Å². The fraction of sp³-hybridized carbons (Fsp3) is 0.364. The fourth-order valence-electron chi connectivity index (χ4n) is 1.31. The molecule has 0 saturated heterocycles. The standard InChI is InChI=1S/C11H16N2O3S/c1-3-8(2)13-11(14)9-6-4-5-7-10(9)17(12,15)16/h4-8H,3H2,1-2H3,(H,13,14)(H2,12,15,16). The van der Waals surface area contributed by atoms with E-state index in [9.17, 15) is 13.2 Å². The largest absolute Gasteiger partial charge is 0.350 e. The topological polar surface area (TPSA) is 89.3 Å². The van der Waals surface area contributed by atoms with Crippen molar-refractivity contribution in [2.75, 3.05) is 0 Å². The summed E-state index contributed by atoms with van der Waals surface area (Å²) >= 11 is 0. The van der Waals surface area contributed by atoms with Gasteiger partial charge in [0.25, 0.3) is 5.91 Å². The molecule has 0 spiro atoms. The minimum atomic E-state index is -3.88. The van der Waals surface area contributed by atoms with Gasteiger partial charge in [0.2, 0.25) is 10.0 Å². The SMILES string of the molecule is CCC(C)NC(=O)c1ccccc1S(N)(=O)=O. The molecule has 1 amide bonds. The summed E-state index contributed by atoms with van der Waals surface area (Å²) in [5, 5.41) is 7.75. The van der Waals surface area contributed by atoms with E-state index in [1.807, 2.05) is 13.8 Å². The highest BCUT2D eigenvalue weighted by molar-refractivity contribution is 7.89. The van der Waals surface area contributed by atoms with Gasteiger partial charge in [0.15, 0.2) is 0 Å².